The van der Waals surface area contributed by atoms with E-state index in [1.54, 1.807) is 0 Å². The van der Waals surface area contributed by atoms with E-state index >= 15 is 0 Å². The van der Waals surface area contributed by atoms with Gasteiger partial charge in [-0.1, -0.05) is 12.0 Å². The number of amides is 1. The molecule has 0 spiro atoms. The van der Waals surface area contributed by atoms with Crippen LogP contribution in [0.4, 0.5) is 5.69 Å². The number of nitrogens with one attached hydrogen (secondary N) is 1. The molecular weight excluding hydrogens is 348 g/mol. The van der Waals surface area contributed by atoms with Crippen LogP contribution < -0.4 is 9.50 Å². The van der Waals surface area contributed by atoms with Crippen molar-refractivity contribution in [3.8, 4) is 18.1 Å². The largest absolute Gasteiger partial charge is 0.379 e. The molecule has 0 aromatic heterocycles. The molecule has 1 N–H and O–H groups in total. The number of nitro benzene ring substituents is 1. The molecule has 0 fully saturated rings. The lowest BCUT2D eigenvalue weighted by Gasteiger charge is -2.08. The highest BCUT2D eigenvalue weighted by atomic mass is 32.2. The van der Waals surface area contributed by atoms with Crippen LogP contribution in [0, 0.1) is 22.5 Å². The van der Waals surface area contributed by atoms with Crippen LogP contribution in [0.2, 0.25) is 0 Å². The molecule has 8 nitrogen and oxygen atoms in total. The van der Waals surface area contributed by atoms with E-state index in [0.717, 1.165) is 6.07 Å². The van der Waals surface area contributed by atoms with Gasteiger partial charge >= 0.3 is 10.1 Å². The average Bonchev–Trinajstić information content (AvgIpc) is 2.60. The third-order valence-electron chi connectivity index (χ3n) is 2.99. The van der Waals surface area contributed by atoms with Gasteiger partial charge in [-0.05, 0) is 30.3 Å². The molecule has 0 saturated carbocycles. The average molecular weight is 360 g/mol. The third kappa shape index (κ3) is 4.55. The van der Waals surface area contributed by atoms with E-state index in [1.807, 2.05) is 0 Å². The van der Waals surface area contributed by atoms with Gasteiger partial charge in [-0.3, -0.25) is 14.9 Å². The van der Waals surface area contributed by atoms with Crippen LogP contribution in [0.25, 0.3) is 0 Å². The minimum Gasteiger partial charge on any atom is -0.379 e. The van der Waals surface area contributed by atoms with Crippen LogP contribution in [0.1, 0.15) is 10.4 Å². The van der Waals surface area contributed by atoms with Crippen molar-refractivity contribution in [2.45, 2.75) is 4.90 Å². The smallest absolute Gasteiger partial charge is 0.339 e. The lowest BCUT2D eigenvalue weighted by Crippen LogP contribution is -2.23. The van der Waals surface area contributed by atoms with Crippen molar-refractivity contribution in [3.05, 3.63) is 64.2 Å². The maximum atomic E-state index is 12.2. The van der Waals surface area contributed by atoms with Crippen molar-refractivity contribution in [1.82, 2.24) is 5.32 Å². The molecule has 9 heteroatoms. The Kier molecular flexibility index (Phi) is 5.36. The van der Waals surface area contributed by atoms with Crippen LogP contribution in [0.15, 0.2) is 53.4 Å². The van der Waals surface area contributed by atoms with Gasteiger partial charge in [0.25, 0.3) is 11.6 Å². The maximum Gasteiger partial charge on any atom is 0.339 e. The maximum absolute atomic E-state index is 12.2. The number of carbonyl (C=O) groups excluding carboxylic acids is 1. The Bertz CT molecular complexity index is 945. The molecule has 128 valence electrons. The normalized spacial score (nSPS) is 10.5. The molecule has 0 atom stereocenters. The zero-order valence-corrected chi connectivity index (χ0v) is 13.5. The number of carbonyl (C=O) groups is 1. The molecule has 0 saturated heterocycles. The van der Waals surface area contributed by atoms with Gasteiger partial charge in [-0.2, -0.15) is 8.42 Å². The molecule has 0 heterocycles. The SMILES string of the molecule is C#CCNC(=O)c1ccc(OS(=O)(=O)c2cccc([N+](=O)[O-])c2)cc1. The van der Waals surface area contributed by atoms with Crippen molar-refractivity contribution in [2.75, 3.05) is 6.54 Å². The first-order valence-electron chi connectivity index (χ1n) is 6.84. The van der Waals surface area contributed by atoms with Gasteiger partial charge in [0, 0.05) is 17.7 Å². The number of nitrogens with zero attached hydrogens (tertiary/aromatic N) is 1. The van der Waals surface area contributed by atoms with E-state index < -0.39 is 20.9 Å². The van der Waals surface area contributed by atoms with Crippen molar-refractivity contribution >= 4 is 21.7 Å². The summed E-state index contributed by atoms with van der Waals surface area (Å²) in [7, 11) is -4.25. The molecule has 1 amide bonds. The molecule has 0 radical (unpaired) electrons. The monoisotopic (exact) mass is 360 g/mol. The van der Waals surface area contributed by atoms with E-state index in [9.17, 15) is 23.3 Å². The number of non-ortho nitro benzene ring substituents is 1. The second kappa shape index (κ2) is 7.46. The van der Waals surface area contributed by atoms with E-state index in [2.05, 4.69) is 11.2 Å². The molecular formula is C16H12N2O6S. The minimum atomic E-state index is -4.25. The second-order valence-corrected chi connectivity index (χ2v) is 6.25. The van der Waals surface area contributed by atoms with Crippen molar-refractivity contribution in [1.29, 1.82) is 0 Å². The molecule has 0 unspecified atom stereocenters. The number of hydrogen-bond donors (Lipinski definition) is 1. The van der Waals surface area contributed by atoms with Gasteiger partial charge in [0.15, 0.2) is 0 Å². The first kappa shape index (κ1) is 18.0. The van der Waals surface area contributed by atoms with Crippen LogP contribution in [0.3, 0.4) is 0 Å². The Morgan fingerprint density at radius 1 is 1.24 bits per heavy atom. The Morgan fingerprint density at radius 2 is 1.92 bits per heavy atom. The number of nitro groups is 1. The van der Waals surface area contributed by atoms with Crippen LogP contribution in [0.5, 0.6) is 5.75 Å². The van der Waals surface area contributed by atoms with E-state index in [0.29, 0.717) is 0 Å². The Labute approximate surface area is 143 Å². The zero-order valence-electron chi connectivity index (χ0n) is 12.7. The summed E-state index contributed by atoms with van der Waals surface area (Å²) in [6.07, 6.45) is 5.04. The molecule has 2 aromatic rings. The van der Waals surface area contributed by atoms with Gasteiger partial charge in [-0.25, -0.2) is 0 Å². The van der Waals surface area contributed by atoms with Crippen molar-refractivity contribution in [3.63, 3.8) is 0 Å². The summed E-state index contributed by atoms with van der Waals surface area (Å²) in [6.45, 7) is 0.0677. The highest BCUT2D eigenvalue weighted by molar-refractivity contribution is 7.87. The molecule has 0 aliphatic rings. The first-order chi connectivity index (χ1) is 11.8. The van der Waals surface area contributed by atoms with Crippen LogP contribution in [-0.2, 0) is 10.1 Å². The minimum absolute atomic E-state index is 0.0417. The molecule has 0 aliphatic carbocycles. The van der Waals surface area contributed by atoms with Gasteiger partial charge < -0.3 is 9.50 Å². The Morgan fingerprint density at radius 3 is 2.52 bits per heavy atom. The number of hydrogen-bond acceptors (Lipinski definition) is 6. The molecule has 2 rings (SSSR count). The standard InChI is InChI=1S/C16H12N2O6S/c1-2-10-17-16(19)12-6-8-14(9-7-12)24-25(22,23)15-5-3-4-13(11-15)18(20)21/h1,3-9,11H,10H2,(H,17,19). The fourth-order valence-electron chi connectivity index (χ4n) is 1.82. The first-order valence-corrected chi connectivity index (χ1v) is 8.25. The van der Waals surface area contributed by atoms with Gasteiger partial charge in [0.05, 0.1) is 11.5 Å². The third-order valence-corrected chi connectivity index (χ3v) is 4.23. The second-order valence-electron chi connectivity index (χ2n) is 4.70. The van der Waals surface area contributed by atoms with Crippen LogP contribution in [-0.4, -0.2) is 25.8 Å². The highest BCUT2D eigenvalue weighted by Crippen LogP contribution is 2.22. The molecule has 25 heavy (non-hydrogen) atoms. The highest BCUT2D eigenvalue weighted by Gasteiger charge is 2.20. The lowest BCUT2D eigenvalue weighted by molar-refractivity contribution is -0.385. The van der Waals surface area contributed by atoms with Gasteiger partial charge in [-0.15, -0.1) is 6.42 Å². The zero-order chi connectivity index (χ0) is 18.4. The fourth-order valence-corrected chi connectivity index (χ4v) is 2.79. The summed E-state index contributed by atoms with van der Waals surface area (Å²) in [5.41, 5.74) is -0.0967. The van der Waals surface area contributed by atoms with E-state index in [4.69, 9.17) is 10.6 Å². The summed E-state index contributed by atoms with van der Waals surface area (Å²) >= 11 is 0. The van der Waals surface area contributed by atoms with Crippen molar-refractivity contribution < 1.29 is 22.3 Å². The Hall–Kier alpha value is -3.38. The van der Waals surface area contributed by atoms with Gasteiger partial charge in [0.1, 0.15) is 10.6 Å². The topological polar surface area (TPSA) is 116 Å². The quantitative estimate of drug-likeness (QED) is 0.363. The van der Waals surface area contributed by atoms with Crippen LogP contribution >= 0.6 is 0 Å². The fraction of sp³-hybridized carbons (Fsp3) is 0.0625. The predicted octanol–water partition coefficient (Wildman–Crippen LogP) is 1.73. The summed E-state index contributed by atoms with van der Waals surface area (Å²) in [4.78, 5) is 21.4. The predicted molar refractivity (Wildman–Crippen MR) is 88.5 cm³/mol. The van der Waals surface area contributed by atoms with E-state index in [1.165, 1.54) is 42.5 Å². The lowest BCUT2D eigenvalue weighted by atomic mass is 10.2. The molecule has 0 bridgehead atoms. The summed E-state index contributed by atoms with van der Waals surface area (Å²) < 4.78 is 29.3. The molecule has 0 aliphatic heterocycles. The number of benzene rings is 2. The Balaban J connectivity index is 2.18. The summed E-state index contributed by atoms with van der Waals surface area (Å²) in [5, 5.41) is 13.2. The number of rotatable bonds is 6. The van der Waals surface area contributed by atoms with E-state index in [-0.39, 0.29) is 28.4 Å². The van der Waals surface area contributed by atoms with Gasteiger partial charge in [0.2, 0.25) is 0 Å². The molecule has 2 aromatic carbocycles. The summed E-state index contributed by atoms with van der Waals surface area (Å²) in [6, 6.07) is 9.81. The summed E-state index contributed by atoms with van der Waals surface area (Å²) in [5.74, 6) is 1.80. The number of terminal acetylenes is 1. The van der Waals surface area contributed by atoms with Crippen molar-refractivity contribution in [2.24, 2.45) is 0 Å².